The topological polar surface area (TPSA) is 57.1 Å². The standard InChI is InChI=1S/C20H17NO4/c1-23-16-10-9-15(18(13-16)24-2)12-17-20(22)25-19(21-17)11-8-14-6-4-3-5-7-14/h3-13H,1-2H3/b11-8+,17-12+. The summed E-state index contributed by atoms with van der Waals surface area (Å²) in [6.07, 6.45) is 5.13. The van der Waals surface area contributed by atoms with Crippen LogP contribution in [0.3, 0.4) is 0 Å². The second-order valence-electron chi connectivity index (χ2n) is 5.22. The fourth-order valence-corrected chi connectivity index (χ4v) is 2.31. The molecule has 126 valence electrons. The van der Waals surface area contributed by atoms with E-state index in [2.05, 4.69) is 4.99 Å². The minimum Gasteiger partial charge on any atom is -0.497 e. The summed E-state index contributed by atoms with van der Waals surface area (Å²) in [6, 6.07) is 15.0. The molecule has 3 rings (SSSR count). The van der Waals surface area contributed by atoms with Crippen molar-refractivity contribution in [3.8, 4) is 11.5 Å². The Morgan fingerprint density at radius 2 is 1.80 bits per heavy atom. The van der Waals surface area contributed by atoms with Crippen molar-refractivity contribution in [2.24, 2.45) is 4.99 Å². The zero-order chi connectivity index (χ0) is 17.6. The van der Waals surface area contributed by atoms with Gasteiger partial charge in [-0.1, -0.05) is 30.3 Å². The van der Waals surface area contributed by atoms with Crippen molar-refractivity contribution >= 4 is 24.0 Å². The zero-order valence-corrected chi connectivity index (χ0v) is 13.9. The maximum atomic E-state index is 12.0. The molecule has 0 aliphatic carbocycles. The number of carbonyl (C=O) groups is 1. The van der Waals surface area contributed by atoms with Gasteiger partial charge in [-0.15, -0.1) is 0 Å². The number of rotatable bonds is 5. The quantitative estimate of drug-likeness (QED) is 0.617. The first-order chi connectivity index (χ1) is 12.2. The molecule has 0 saturated carbocycles. The van der Waals surface area contributed by atoms with Gasteiger partial charge in [0.05, 0.1) is 14.2 Å². The summed E-state index contributed by atoms with van der Waals surface area (Å²) >= 11 is 0. The van der Waals surface area contributed by atoms with Gasteiger partial charge in [-0.25, -0.2) is 9.79 Å². The van der Waals surface area contributed by atoms with Crippen molar-refractivity contribution < 1.29 is 19.0 Å². The van der Waals surface area contributed by atoms with Gasteiger partial charge in [0.15, 0.2) is 5.70 Å². The Hall–Kier alpha value is -3.34. The number of hydrogen-bond acceptors (Lipinski definition) is 5. The largest absolute Gasteiger partial charge is 0.497 e. The Morgan fingerprint density at radius 1 is 1.00 bits per heavy atom. The molecule has 0 bridgehead atoms. The highest BCUT2D eigenvalue weighted by Crippen LogP contribution is 2.28. The summed E-state index contributed by atoms with van der Waals surface area (Å²) in [6.45, 7) is 0. The van der Waals surface area contributed by atoms with Gasteiger partial charge < -0.3 is 14.2 Å². The van der Waals surface area contributed by atoms with Gasteiger partial charge >= 0.3 is 5.97 Å². The first-order valence-electron chi connectivity index (χ1n) is 7.67. The molecule has 0 aromatic heterocycles. The Kier molecular flexibility index (Phi) is 4.95. The Labute approximate surface area is 145 Å². The van der Waals surface area contributed by atoms with E-state index in [1.807, 2.05) is 36.4 Å². The fraction of sp³-hybridized carbons (Fsp3) is 0.100. The van der Waals surface area contributed by atoms with Crippen LogP contribution >= 0.6 is 0 Å². The molecule has 0 saturated heterocycles. The van der Waals surface area contributed by atoms with Gasteiger partial charge in [0.1, 0.15) is 11.5 Å². The van der Waals surface area contributed by atoms with Crippen molar-refractivity contribution in [2.75, 3.05) is 14.2 Å². The number of cyclic esters (lactones) is 1. The van der Waals surface area contributed by atoms with Crippen molar-refractivity contribution in [2.45, 2.75) is 0 Å². The van der Waals surface area contributed by atoms with Crippen LogP contribution in [0.4, 0.5) is 0 Å². The van der Waals surface area contributed by atoms with Crippen LogP contribution in [-0.4, -0.2) is 26.1 Å². The third kappa shape index (κ3) is 3.95. The van der Waals surface area contributed by atoms with Crippen LogP contribution in [-0.2, 0) is 9.53 Å². The van der Waals surface area contributed by atoms with E-state index in [1.165, 1.54) is 0 Å². The minimum absolute atomic E-state index is 0.219. The van der Waals surface area contributed by atoms with Gasteiger partial charge in [-0.05, 0) is 29.8 Å². The summed E-state index contributed by atoms with van der Waals surface area (Å²) < 4.78 is 15.7. The molecule has 0 unspecified atom stereocenters. The maximum Gasteiger partial charge on any atom is 0.363 e. The zero-order valence-electron chi connectivity index (χ0n) is 13.9. The molecule has 25 heavy (non-hydrogen) atoms. The number of esters is 1. The number of ether oxygens (including phenoxy) is 3. The number of nitrogens with zero attached hydrogens (tertiary/aromatic N) is 1. The average molecular weight is 335 g/mol. The van der Waals surface area contributed by atoms with Gasteiger partial charge in [-0.3, -0.25) is 0 Å². The molecular weight excluding hydrogens is 318 g/mol. The van der Waals surface area contributed by atoms with Gasteiger partial charge in [0.25, 0.3) is 0 Å². The Balaban J connectivity index is 1.85. The van der Waals surface area contributed by atoms with E-state index in [4.69, 9.17) is 14.2 Å². The molecule has 0 amide bonds. The molecular formula is C20H17NO4. The number of aliphatic imine (C=N–C) groups is 1. The van der Waals surface area contributed by atoms with E-state index in [-0.39, 0.29) is 11.6 Å². The number of hydrogen-bond donors (Lipinski definition) is 0. The second kappa shape index (κ2) is 7.49. The molecule has 2 aromatic carbocycles. The predicted molar refractivity (Wildman–Crippen MR) is 96.5 cm³/mol. The van der Waals surface area contributed by atoms with Crippen molar-refractivity contribution in [3.05, 3.63) is 71.4 Å². The highest BCUT2D eigenvalue weighted by Gasteiger charge is 2.21. The predicted octanol–water partition coefficient (Wildman–Crippen LogP) is 3.71. The number of methoxy groups -OCH3 is 2. The van der Waals surface area contributed by atoms with E-state index in [0.717, 1.165) is 5.56 Å². The monoisotopic (exact) mass is 335 g/mol. The van der Waals surface area contributed by atoms with Crippen molar-refractivity contribution in [1.29, 1.82) is 0 Å². The van der Waals surface area contributed by atoms with E-state index in [1.54, 1.807) is 44.6 Å². The second-order valence-corrected chi connectivity index (χ2v) is 5.22. The van der Waals surface area contributed by atoms with E-state index in [9.17, 15) is 4.79 Å². The molecule has 0 N–H and O–H groups in total. The molecule has 0 atom stereocenters. The highest BCUT2D eigenvalue weighted by atomic mass is 16.6. The lowest BCUT2D eigenvalue weighted by molar-refractivity contribution is -0.129. The Bertz CT molecular complexity index is 867. The van der Waals surface area contributed by atoms with E-state index in [0.29, 0.717) is 17.1 Å². The third-order valence-electron chi connectivity index (χ3n) is 3.59. The maximum absolute atomic E-state index is 12.0. The van der Waals surface area contributed by atoms with Crippen LogP contribution in [0.15, 0.2) is 65.3 Å². The van der Waals surface area contributed by atoms with Gasteiger partial charge in [0.2, 0.25) is 5.90 Å². The smallest absolute Gasteiger partial charge is 0.363 e. The first-order valence-corrected chi connectivity index (χ1v) is 7.67. The van der Waals surface area contributed by atoms with Crippen LogP contribution in [0.5, 0.6) is 11.5 Å². The lowest BCUT2D eigenvalue weighted by atomic mass is 10.1. The summed E-state index contributed by atoms with van der Waals surface area (Å²) in [5.41, 5.74) is 1.93. The summed E-state index contributed by atoms with van der Waals surface area (Å²) in [4.78, 5) is 16.2. The summed E-state index contributed by atoms with van der Waals surface area (Å²) in [5, 5.41) is 0. The molecule has 5 nitrogen and oxygen atoms in total. The summed E-state index contributed by atoms with van der Waals surface area (Å²) in [7, 11) is 3.14. The average Bonchev–Trinajstić information content (AvgIpc) is 3.00. The van der Waals surface area contributed by atoms with Crippen molar-refractivity contribution in [3.63, 3.8) is 0 Å². The van der Waals surface area contributed by atoms with Gasteiger partial charge in [-0.2, -0.15) is 0 Å². The molecule has 1 heterocycles. The molecule has 0 radical (unpaired) electrons. The molecule has 0 fully saturated rings. The van der Waals surface area contributed by atoms with Crippen LogP contribution in [0.25, 0.3) is 12.2 Å². The van der Waals surface area contributed by atoms with Crippen LogP contribution in [0.1, 0.15) is 11.1 Å². The third-order valence-corrected chi connectivity index (χ3v) is 3.59. The van der Waals surface area contributed by atoms with E-state index < -0.39 is 5.97 Å². The van der Waals surface area contributed by atoms with Crippen LogP contribution in [0.2, 0.25) is 0 Å². The van der Waals surface area contributed by atoms with Crippen molar-refractivity contribution in [1.82, 2.24) is 0 Å². The molecule has 0 spiro atoms. The molecule has 1 aliphatic rings. The highest BCUT2D eigenvalue weighted by molar-refractivity contribution is 6.11. The molecule has 5 heteroatoms. The van der Waals surface area contributed by atoms with Crippen LogP contribution in [0, 0.1) is 0 Å². The number of carbonyl (C=O) groups excluding carboxylic acids is 1. The lowest BCUT2D eigenvalue weighted by Gasteiger charge is -2.07. The fourth-order valence-electron chi connectivity index (χ4n) is 2.31. The van der Waals surface area contributed by atoms with Crippen LogP contribution < -0.4 is 9.47 Å². The number of benzene rings is 2. The van der Waals surface area contributed by atoms with Gasteiger partial charge in [0, 0.05) is 17.7 Å². The summed E-state index contributed by atoms with van der Waals surface area (Å²) in [5.74, 6) is 1.02. The molecule has 1 aliphatic heterocycles. The Morgan fingerprint density at radius 3 is 2.52 bits per heavy atom. The molecule has 2 aromatic rings. The normalized spacial score (nSPS) is 15.4. The van der Waals surface area contributed by atoms with E-state index >= 15 is 0 Å². The lowest BCUT2D eigenvalue weighted by Crippen LogP contribution is -2.01. The first kappa shape index (κ1) is 16.5. The SMILES string of the molecule is COc1ccc(/C=C2N=C(/C=C/c3ccccc3)OC/2=O)c(OC)c1. The minimum atomic E-state index is -0.495.